The molecule has 1 aromatic heterocycles. The number of hydrogen-bond donors (Lipinski definition) is 2. The molecule has 2 rings (SSSR count). The van der Waals surface area contributed by atoms with Crippen LogP contribution in [0.5, 0.6) is 0 Å². The Labute approximate surface area is 111 Å². The van der Waals surface area contributed by atoms with Gasteiger partial charge in [0.1, 0.15) is 0 Å². The van der Waals surface area contributed by atoms with Crippen LogP contribution in [0, 0.1) is 6.92 Å². The number of hydrogen-bond acceptors (Lipinski definition) is 4. The molecule has 1 fully saturated rings. The first-order chi connectivity index (χ1) is 9.04. The topological polar surface area (TPSA) is 87.2 Å². The SMILES string of the molecule is C=N/C=C(/C)c1n[nH]c(C2CCC(=O)NC2=O)c1C. The molecule has 1 aliphatic rings. The third-order valence-corrected chi connectivity index (χ3v) is 3.29. The predicted molar refractivity (Wildman–Crippen MR) is 71.6 cm³/mol. The zero-order chi connectivity index (χ0) is 14.0. The van der Waals surface area contributed by atoms with Crippen LogP contribution >= 0.6 is 0 Å². The summed E-state index contributed by atoms with van der Waals surface area (Å²) in [5.74, 6) is -0.827. The van der Waals surface area contributed by atoms with Crippen molar-refractivity contribution in [2.24, 2.45) is 4.99 Å². The summed E-state index contributed by atoms with van der Waals surface area (Å²) in [7, 11) is 0. The maximum Gasteiger partial charge on any atom is 0.235 e. The van der Waals surface area contributed by atoms with Gasteiger partial charge in [0.25, 0.3) is 0 Å². The monoisotopic (exact) mass is 260 g/mol. The van der Waals surface area contributed by atoms with E-state index in [0.29, 0.717) is 12.8 Å². The molecule has 0 spiro atoms. The highest BCUT2D eigenvalue weighted by Crippen LogP contribution is 2.29. The summed E-state index contributed by atoms with van der Waals surface area (Å²) < 4.78 is 0. The zero-order valence-corrected chi connectivity index (χ0v) is 11.0. The van der Waals surface area contributed by atoms with Crippen molar-refractivity contribution < 1.29 is 9.59 Å². The van der Waals surface area contributed by atoms with Crippen molar-refractivity contribution in [3.63, 3.8) is 0 Å². The van der Waals surface area contributed by atoms with Crippen molar-refractivity contribution in [3.8, 4) is 0 Å². The molecule has 2 amide bonds. The van der Waals surface area contributed by atoms with Gasteiger partial charge < -0.3 is 0 Å². The summed E-state index contributed by atoms with van der Waals surface area (Å²) in [6, 6.07) is 0. The van der Waals surface area contributed by atoms with Gasteiger partial charge in [-0.1, -0.05) is 0 Å². The molecule has 2 heterocycles. The number of aromatic amines is 1. The molecule has 1 aliphatic heterocycles. The van der Waals surface area contributed by atoms with E-state index in [1.165, 1.54) is 0 Å². The number of imide groups is 1. The maximum atomic E-state index is 11.8. The number of carbonyl (C=O) groups is 2. The number of nitrogens with zero attached hydrogens (tertiary/aromatic N) is 2. The third-order valence-electron chi connectivity index (χ3n) is 3.29. The lowest BCUT2D eigenvalue weighted by molar-refractivity contribution is -0.134. The fourth-order valence-electron chi connectivity index (χ4n) is 2.30. The lowest BCUT2D eigenvalue weighted by Crippen LogP contribution is -2.39. The molecule has 1 atom stereocenters. The van der Waals surface area contributed by atoms with Crippen LogP contribution in [0.1, 0.15) is 42.6 Å². The van der Waals surface area contributed by atoms with Crippen molar-refractivity contribution in [2.45, 2.75) is 32.6 Å². The number of piperidine rings is 1. The number of allylic oxidation sites excluding steroid dienone is 1. The molecule has 0 saturated carbocycles. The van der Waals surface area contributed by atoms with Gasteiger partial charge >= 0.3 is 0 Å². The van der Waals surface area contributed by atoms with Gasteiger partial charge in [0.15, 0.2) is 0 Å². The normalized spacial score (nSPS) is 20.3. The van der Waals surface area contributed by atoms with Crippen LogP contribution in [0.15, 0.2) is 11.2 Å². The van der Waals surface area contributed by atoms with Crippen LogP contribution < -0.4 is 5.32 Å². The standard InChI is InChI=1S/C13H16N4O2/c1-7(6-14-3)11-8(2)12(17-16-11)9-4-5-10(18)15-13(9)19/h6,9H,3-5H2,1-2H3,(H,16,17)(H,15,18,19)/b7-6-. The molecule has 0 aliphatic carbocycles. The summed E-state index contributed by atoms with van der Waals surface area (Å²) >= 11 is 0. The summed E-state index contributed by atoms with van der Waals surface area (Å²) in [5.41, 5.74) is 3.32. The van der Waals surface area contributed by atoms with Gasteiger partial charge in [-0.2, -0.15) is 5.10 Å². The Balaban J connectivity index is 2.32. The van der Waals surface area contributed by atoms with Gasteiger partial charge in [0.2, 0.25) is 11.8 Å². The van der Waals surface area contributed by atoms with Crippen LogP contribution in [0.3, 0.4) is 0 Å². The summed E-state index contributed by atoms with van der Waals surface area (Å²) in [4.78, 5) is 26.7. The molecule has 1 unspecified atom stereocenters. The predicted octanol–water partition coefficient (Wildman–Crippen LogP) is 1.30. The second-order valence-electron chi connectivity index (χ2n) is 4.61. The van der Waals surface area contributed by atoms with Crippen molar-refractivity contribution in [1.29, 1.82) is 0 Å². The Morgan fingerprint density at radius 2 is 2.26 bits per heavy atom. The number of carbonyl (C=O) groups excluding carboxylic acids is 2. The van der Waals surface area contributed by atoms with Crippen LogP contribution in [-0.2, 0) is 9.59 Å². The molecular formula is C13H16N4O2. The highest BCUT2D eigenvalue weighted by molar-refractivity contribution is 6.00. The van der Waals surface area contributed by atoms with E-state index in [-0.39, 0.29) is 17.7 Å². The quantitative estimate of drug-likeness (QED) is 0.634. The van der Waals surface area contributed by atoms with Crippen LogP contribution in [0.25, 0.3) is 5.57 Å². The fraction of sp³-hybridized carbons (Fsp3) is 0.385. The summed E-state index contributed by atoms with van der Waals surface area (Å²) in [5, 5.41) is 9.47. The number of aromatic nitrogens is 2. The number of H-pyrrole nitrogens is 1. The minimum atomic E-state index is -0.344. The van der Waals surface area contributed by atoms with E-state index in [2.05, 4.69) is 27.2 Å². The maximum absolute atomic E-state index is 11.8. The van der Waals surface area contributed by atoms with Crippen molar-refractivity contribution >= 4 is 24.1 Å². The van der Waals surface area contributed by atoms with E-state index >= 15 is 0 Å². The first kappa shape index (κ1) is 13.2. The van der Waals surface area contributed by atoms with E-state index in [9.17, 15) is 9.59 Å². The molecular weight excluding hydrogens is 244 g/mol. The Bertz CT molecular complexity index is 571. The number of nitrogens with one attached hydrogen (secondary N) is 2. The van der Waals surface area contributed by atoms with E-state index in [1.807, 2.05) is 13.8 Å². The first-order valence-electron chi connectivity index (χ1n) is 6.06. The fourth-order valence-corrected chi connectivity index (χ4v) is 2.30. The van der Waals surface area contributed by atoms with Gasteiger partial charge in [0, 0.05) is 12.6 Å². The number of aliphatic imine (C=N–C) groups is 1. The molecule has 6 heteroatoms. The summed E-state index contributed by atoms with van der Waals surface area (Å²) in [6.45, 7) is 7.19. The van der Waals surface area contributed by atoms with Crippen molar-refractivity contribution in [2.75, 3.05) is 0 Å². The minimum absolute atomic E-state index is 0.217. The van der Waals surface area contributed by atoms with Gasteiger partial charge in [-0.3, -0.25) is 25.0 Å². The molecule has 1 aromatic rings. The highest BCUT2D eigenvalue weighted by atomic mass is 16.2. The molecule has 6 nitrogen and oxygen atoms in total. The van der Waals surface area contributed by atoms with Crippen LogP contribution in [0.4, 0.5) is 0 Å². The third kappa shape index (κ3) is 2.47. The molecule has 0 aromatic carbocycles. The first-order valence-corrected chi connectivity index (χ1v) is 6.06. The number of rotatable bonds is 3. The molecule has 0 bridgehead atoms. The van der Waals surface area contributed by atoms with Gasteiger partial charge in [-0.05, 0) is 38.1 Å². The summed E-state index contributed by atoms with van der Waals surface area (Å²) in [6.07, 6.45) is 2.49. The Kier molecular flexibility index (Phi) is 3.59. The largest absolute Gasteiger partial charge is 0.296 e. The van der Waals surface area contributed by atoms with E-state index in [1.54, 1.807) is 6.20 Å². The molecule has 0 radical (unpaired) electrons. The van der Waals surface area contributed by atoms with E-state index in [4.69, 9.17) is 0 Å². The average Bonchev–Trinajstić information content (AvgIpc) is 2.72. The zero-order valence-electron chi connectivity index (χ0n) is 11.0. The van der Waals surface area contributed by atoms with Gasteiger partial charge in [-0.25, -0.2) is 0 Å². The Morgan fingerprint density at radius 1 is 1.53 bits per heavy atom. The van der Waals surface area contributed by atoms with Gasteiger partial charge in [-0.15, -0.1) is 0 Å². The average molecular weight is 260 g/mol. The Morgan fingerprint density at radius 3 is 2.89 bits per heavy atom. The van der Waals surface area contributed by atoms with Crippen LogP contribution in [0.2, 0.25) is 0 Å². The molecule has 100 valence electrons. The van der Waals surface area contributed by atoms with E-state index < -0.39 is 0 Å². The second kappa shape index (κ2) is 5.17. The molecule has 1 saturated heterocycles. The minimum Gasteiger partial charge on any atom is -0.296 e. The lowest BCUT2D eigenvalue weighted by atomic mass is 9.91. The van der Waals surface area contributed by atoms with Crippen LogP contribution in [-0.4, -0.2) is 28.7 Å². The smallest absolute Gasteiger partial charge is 0.235 e. The lowest BCUT2D eigenvalue weighted by Gasteiger charge is -2.20. The van der Waals surface area contributed by atoms with Crippen molar-refractivity contribution in [1.82, 2.24) is 15.5 Å². The molecule has 19 heavy (non-hydrogen) atoms. The highest BCUT2D eigenvalue weighted by Gasteiger charge is 2.31. The van der Waals surface area contributed by atoms with E-state index in [0.717, 1.165) is 22.5 Å². The molecule has 2 N–H and O–H groups in total. The Hall–Kier alpha value is -2.24. The van der Waals surface area contributed by atoms with Crippen molar-refractivity contribution in [3.05, 3.63) is 23.2 Å². The second-order valence-corrected chi connectivity index (χ2v) is 4.61. The number of amides is 2. The van der Waals surface area contributed by atoms with Gasteiger partial charge in [0.05, 0.1) is 17.3 Å².